The molecule has 0 saturated carbocycles. The molecule has 1 amide bonds. The maximum atomic E-state index is 12.6. The first-order valence-corrected chi connectivity index (χ1v) is 9.60. The van der Waals surface area contributed by atoms with Gasteiger partial charge in [-0.25, -0.2) is 9.97 Å². The van der Waals surface area contributed by atoms with Gasteiger partial charge in [0.2, 0.25) is 5.95 Å². The Hall–Kier alpha value is -1.98. The van der Waals surface area contributed by atoms with Gasteiger partial charge in [0.1, 0.15) is 6.10 Å². The summed E-state index contributed by atoms with van der Waals surface area (Å²) in [5.41, 5.74) is 4.97. The fourth-order valence-electron chi connectivity index (χ4n) is 3.70. The van der Waals surface area contributed by atoms with Gasteiger partial charge in [0.05, 0.1) is 24.8 Å². The SMILES string of the molecule is COC[C@H](N)COC1CCN(C2CCN(c3ncc(C(F)(F)F)cn3)CC2)C1=O. The fourth-order valence-corrected chi connectivity index (χ4v) is 3.70. The lowest BCUT2D eigenvalue weighted by Crippen LogP contribution is -2.47. The summed E-state index contributed by atoms with van der Waals surface area (Å²) in [6.45, 7) is 2.41. The third-order valence-electron chi connectivity index (χ3n) is 5.24. The van der Waals surface area contributed by atoms with E-state index in [0.717, 1.165) is 12.4 Å². The third kappa shape index (κ3) is 5.34. The number of nitrogens with zero attached hydrogens (tertiary/aromatic N) is 4. The van der Waals surface area contributed by atoms with Crippen LogP contribution in [-0.2, 0) is 20.4 Å². The molecular weight excluding hydrogens is 391 g/mol. The second-order valence-corrected chi connectivity index (χ2v) is 7.35. The van der Waals surface area contributed by atoms with E-state index < -0.39 is 17.8 Å². The number of likely N-dealkylation sites (tertiary alicyclic amines) is 1. The lowest BCUT2D eigenvalue weighted by Gasteiger charge is -2.36. The number of hydrogen-bond acceptors (Lipinski definition) is 7. The minimum Gasteiger partial charge on any atom is -0.383 e. The Labute approximate surface area is 167 Å². The number of hydrogen-bond donors (Lipinski definition) is 1. The molecule has 3 rings (SSSR count). The van der Waals surface area contributed by atoms with Crippen LogP contribution in [0.2, 0.25) is 0 Å². The zero-order valence-corrected chi connectivity index (χ0v) is 16.3. The molecule has 8 nitrogen and oxygen atoms in total. The van der Waals surface area contributed by atoms with Gasteiger partial charge in [-0.05, 0) is 12.8 Å². The van der Waals surface area contributed by atoms with Gasteiger partial charge < -0.3 is 25.0 Å². The van der Waals surface area contributed by atoms with Crippen molar-refractivity contribution in [3.8, 4) is 0 Å². The van der Waals surface area contributed by atoms with Crippen molar-refractivity contribution in [1.29, 1.82) is 0 Å². The normalized spacial score (nSPS) is 22.4. The Morgan fingerprint density at radius 3 is 2.41 bits per heavy atom. The van der Waals surface area contributed by atoms with Crippen molar-refractivity contribution >= 4 is 11.9 Å². The van der Waals surface area contributed by atoms with Gasteiger partial charge in [0.15, 0.2) is 0 Å². The monoisotopic (exact) mass is 417 g/mol. The minimum atomic E-state index is -4.45. The number of nitrogens with two attached hydrogens (primary N) is 1. The summed E-state index contributed by atoms with van der Waals surface area (Å²) in [5, 5.41) is 0. The number of ether oxygens (including phenoxy) is 2. The molecule has 0 aromatic carbocycles. The Morgan fingerprint density at radius 2 is 1.83 bits per heavy atom. The van der Waals surface area contributed by atoms with Crippen LogP contribution in [0.4, 0.5) is 19.1 Å². The lowest BCUT2D eigenvalue weighted by atomic mass is 10.0. The molecule has 2 aliphatic rings. The van der Waals surface area contributed by atoms with Crippen LogP contribution < -0.4 is 10.6 Å². The van der Waals surface area contributed by atoms with Crippen molar-refractivity contribution in [2.45, 2.75) is 43.6 Å². The molecule has 11 heteroatoms. The molecule has 0 spiro atoms. The van der Waals surface area contributed by atoms with E-state index in [-0.39, 0.29) is 30.5 Å². The zero-order valence-electron chi connectivity index (χ0n) is 16.3. The molecule has 0 aliphatic carbocycles. The smallest absolute Gasteiger partial charge is 0.383 e. The number of anilines is 1. The number of aromatic nitrogens is 2. The highest BCUT2D eigenvalue weighted by Gasteiger charge is 2.38. The molecule has 0 bridgehead atoms. The van der Waals surface area contributed by atoms with Crippen LogP contribution in [0.5, 0.6) is 0 Å². The van der Waals surface area contributed by atoms with Crippen LogP contribution in [0, 0.1) is 0 Å². The van der Waals surface area contributed by atoms with Gasteiger partial charge >= 0.3 is 6.18 Å². The predicted octanol–water partition coefficient (Wildman–Crippen LogP) is 1.06. The molecule has 2 N–H and O–H groups in total. The van der Waals surface area contributed by atoms with Gasteiger partial charge in [0, 0.05) is 51.6 Å². The van der Waals surface area contributed by atoms with Crippen LogP contribution in [0.3, 0.4) is 0 Å². The van der Waals surface area contributed by atoms with Crippen molar-refractivity contribution < 1.29 is 27.4 Å². The van der Waals surface area contributed by atoms with Gasteiger partial charge in [-0.3, -0.25) is 4.79 Å². The molecule has 29 heavy (non-hydrogen) atoms. The number of amides is 1. The van der Waals surface area contributed by atoms with E-state index in [9.17, 15) is 18.0 Å². The summed E-state index contributed by atoms with van der Waals surface area (Å²) in [6, 6.07) is -0.191. The highest BCUT2D eigenvalue weighted by Crippen LogP contribution is 2.29. The van der Waals surface area contributed by atoms with Crippen LogP contribution in [-0.4, -0.2) is 78.9 Å². The Kier molecular flexibility index (Phi) is 6.91. The second kappa shape index (κ2) is 9.23. The Morgan fingerprint density at radius 1 is 1.17 bits per heavy atom. The summed E-state index contributed by atoms with van der Waals surface area (Å²) in [6.07, 6.45) is -1.30. The van der Waals surface area contributed by atoms with Gasteiger partial charge in [-0.15, -0.1) is 0 Å². The molecule has 162 valence electrons. The average Bonchev–Trinajstić information content (AvgIpc) is 3.07. The van der Waals surface area contributed by atoms with E-state index in [1.165, 1.54) is 0 Å². The quantitative estimate of drug-likeness (QED) is 0.709. The number of halogens is 3. The number of rotatable bonds is 7. The number of methoxy groups -OCH3 is 1. The first-order chi connectivity index (χ1) is 13.8. The predicted molar refractivity (Wildman–Crippen MR) is 98.2 cm³/mol. The van der Waals surface area contributed by atoms with Gasteiger partial charge in [-0.2, -0.15) is 13.2 Å². The highest BCUT2D eigenvalue weighted by molar-refractivity contribution is 5.83. The first-order valence-electron chi connectivity index (χ1n) is 9.60. The molecule has 1 aromatic rings. The number of carbonyl (C=O) groups is 1. The Balaban J connectivity index is 1.49. The zero-order chi connectivity index (χ0) is 21.0. The molecule has 3 heterocycles. The number of piperidine rings is 1. The second-order valence-electron chi connectivity index (χ2n) is 7.35. The van der Waals surface area contributed by atoms with Gasteiger partial charge in [0.25, 0.3) is 5.91 Å². The lowest BCUT2D eigenvalue weighted by molar-refractivity contribution is -0.140. The van der Waals surface area contributed by atoms with Crippen molar-refractivity contribution in [3.63, 3.8) is 0 Å². The summed E-state index contributed by atoms with van der Waals surface area (Å²) in [7, 11) is 1.56. The molecule has 2 saturated heterocycles. The highest BCUT2D eigenvalue weighted by atomic mass is 19.4. The number of alkyl halides is 3. The topological polar surface area (TPSA) is 93.8 Å². The largest absolute Gasteiger partial charge is 0.419 e. The maximum absolute atomic E-state index is 12.6. The summed E-state index contributed by atoms with van der Waals surface area (Å²) >= 11 is 0. The van der Waals surface area contributed by atoms with Crippen molar-refractivity contribution in [1.82, 2.24) is 14.9 Å². The number of carbonyl (C=O) groups excluding carboxylic acids is 1. The van der Waals surface area contributed by atoms with Gasteiger partial charge in [-0.1, -0.05) is 0 Å². The Bertz CT molecular complexity index is 680. The van der Waals surface area contributed by atoms with E-state index in [1.807, 2.05) is 9.80 Å². The van der Waals surface area contributed by atoms with Crippen molar-refractivity contribution in [2.75, 3.05) is 44.9 Å². The molecule has 2 fully saturated rings. The minimum absolute atomic E-state index is 0.0288. The molecule has 2 aliphatic heterocycles. The summed E-state index contributed by atoms with van der Waals surface area (Å²) in [5.74, 6) is 0.247. The molecular formula is C18H26F3N5O3. The standard InChI is InChI=1S/C18H26F3N5O3/c1-28-10-13(22)11-29-15-4-7-26(16(15)27)14-2-5-25(6-3-14)17-23-8-12(9-24-17)18(19,20)21/h8-9,13-15H,2-7,10-11,22H2,1H3/t13-,15?/m0/s1. The molecule has 2 atom stereocenters. The van der Waals surface area contributed by atoms with E-state index in [0.29, 0.717) is 45.5 Å². The molecule has 1 aromatic heterocycles. The molecule has 0 radical (unpaired) electrons. The maximum Gasteiger partial charge on any atom is 0.419 e. The van der Waals surface area contributed by atoms with E-state index in [2.05, 4.69) is 9.97 Å². The van der Waals surface area contributed by atoms with Crippen molar-refractivity contribution in [2.24, 2.45) is 5.73 Å². The van der Waals surface area contributed by atoms with E-state index in [1.54, 1.807) is 7.11 Å². The van der Waals surface area contributed by atoms with Crippen LogP contribution in [0.15, 0.2) is 12.4 Å². The summed E-state index contributed by atoms with van der Waals surface area (Å²) < 4.78 is 48.5. The van der Waals surface area contributed by atoms with Crippen molar-refractivity contribution in [3.05, 3.63) is 18.0 Å². The van der Waals surface area contributed by atoms with Crippen LogP contribution in [0.1, 0.15) is 24.8 Å². The molecule has 1 unspecified atom stereocenters. The third-order valence-corrected chi connectivity index (χ3v) is 5.24. The van der Waals surface area contributed by atoms with Crippen LogP contribution in [0.25, 0.3) is 0 Å². The first kappa shape index (κ1) is 21.7. The fraction of sp³-hybridized carbons (Fsp3) is 0.722. The average molecular weight is 417 g/mol. The van der Waals surface area contributed by atoms with E-state index >= 15 is 0 Å². The summed E-state index contributed by atoms with van der Waals surface area (Å²) in [4.78, 5) is 24.0. The van der Waals surface area contributed by atoms with E-state index in [4.69, 9.17) is 15.2 Å². The van der Waals surface area contributed by atoms with Crippen LogP contribution >= 0.6 is 0 Å².